The molecule has 0 fully saturated rings. The van der Waals surface area contributed by atoms with Crippen LogP contribution in [0.5, 0.6) is 0 Å². The van der Waals surface area contributed by atoms with Gasteiger partial charge in [0.25, 0.3) is 0 Å². The van der Waals surface area contributed by atoms with Gasteiger partial charge in [0.1, 0.15) is 5.82 Å². The Morgan fingerprint density at radius 2 is 1.76 bits per heavy atom. The summed E-state index contributed by atoms with van der Waals surface area (Å²) < 4.78 is 13.6. The van der Waals surface area contributed by atoms with Gasteiger partial charge in [0.15, 0.2) is 0 Å². The molecule has 0 bridgehead atoms. The quantitative estimate of drug-likeness (QED) is 0.622. The van der Waals surface area contributed by atoms with Gasteiger partial charge in [-0.1, -0.05) is 55.0 Å². The second-order valence-corrected chi connectivity index (χ2v) is 6.78. The lowest BCUT2D eigenvalue weighted by molar-refractivity contribution is 0.364. The molecular weight excluding hydrogens is 333 g/mol. The number of rotatable bonds is 5. The van der Waals surface area contributed by atoms with Gasteiger partial charge in [-0.15, -0.1) is 12.4 Å². The lowest BCUT2D eigenvalue weighted by atomic mass is 10.00. The van der Waals surface area contributed by atoms with E-state index in [0.717, 1.165) is 13.1 Å². The fraction of sp³-hybridized carbons (Fsp3) is 0.364. The van der Waals surface area contributed by atoms with Crippen molar-refractivity contribution < 1.29 is 4.39 Å². The largest absolute Gasteiger partial charge is 0.298 e. The highest BCUT2D eigenvalue weighted by molar-refractivity contribution is 5.85. The standard InChI is InChI=1S/C22H26FN.ClH/c1-24(15-7-11-20-9-5-6-12-22(20)23)17-18-13-14-19-8-3-2-4-10-21(19)16-18;/h5-7,9,11-14,16H,2-4,8,10,15,17H2,1H3;1H/b11-7+;. The Kier molecular flexibility index (Phi) is 7.67. The number of nitrogens with zero attached hydrogens (tertiary/aromatic N) is 1. The van der Waals surface area contributed by atoms with Crippen molar-refractivity contribution >= 4 is 18.5 Å². The third kappa shape index (κ3) is 5.69. The zero-order valence-electron chi connectivity index (χ0n) is 14.9. The summed E-state index contributed by atoms with van der Waals surface area (Å²) in [5.74, 6) is -0.165. The second-order valence-electron chi connectivity index (χ2n) is 6.78. The molecule has 3 rings (SSSR count). The molecule has 0 amide bonds. The first kappa shape index (κ1) is 19.7. The maximum absolute atomic E-state index is 13.6. The first-order valence-corrected chi connectivity index (χ1v) is 8.92. The van der Waals surface area contributed by atoms with E-state index in [9.17, 15) is 4.39 Å². The third-order valence-corrected chi connectivity index (χ3v) is 4.74. The molecule has 25 heavy (non-hydrogen) atoms. The fourth-order valence-electron chi connectivity index (χ4n) is 3.41. The van der Waals surface area contributed by atoms with Crippen LogP contribution in [0.3, 0.4) is 0 Å². The van der Waals surface area contributed by atoms with Crippen LogP contribution in [-0.2, 0) is 19.4 Å². The van der Waals surface area contributed by atoms with Gasteiger partial charge in [0, 0.05) is 18.7 Å². The van der Waals surface area contributed by atoms with E-state index in [4.69, 9.17) is 0 Å². The van der Waals surface area contributed by atoms with Gasteiger partial charge in [0.2, 0.25) is 0 Å². The molecule has 2 aromatic carbocycles. The van der Waals surface area contributed by atoms with Crippen molar-refractivity contribution in [2.75, 3.05) is 13.6 Å². The average molecular weight is 360 g/mol. The first-order chi connectivity index (χ1) is 11.7. The van der Waals surface area contributed by atoms with E-state index in [-0.39, 0.29) is 18.2 Å². The van der Waals surface area contributed by atoms with Gasteiger partial charge in [-0.25, -0.2) is 4.39 Å². The maximum Gasteiger partial charge on any atom is 0.130 e. The van der Waals surface area contributed by atoms with E-state index in [0.29, 0.717) is 5.56 Å². The van der Waals surface area contributed by atoms with Crippen LogP contribution >= 0.6 is 12.4 Å². The molecule has 0 aromatic heterocycles. The Morgan fingerprint density at radius 3 is 2.56 bits per heavy atom. The Hall–Kier alpha value is -1.64. The molecule has 0 saturated carbocycles. The zero-order chi connectivity index (χ0) is 16.8. The smallest absolute Gasteiger partial charge is 0.130 e. The highest BCUT2D eigenvalue weighted by atomic mass is 35.5. The number of hydrogen-bond donors (Lipinski definition) is 0. The highest BCUT2D eigenvalue weighted by Gasteiger charge is 2.09. The van der Waals surface area contributed by atoms with E-state index in [1.165, 1.54) is 43.7 Å². The van der Waals surface area contributed by atoms with Crippen molar-refractivity contribution in [3.05, 3.63) is 76.6 Å². The van der Waals surface area contributed by atoms with E-state index in [1.54, 1.807) is 23.3 Å². The molecule has 0 aliphatic heterocycles. The highest BCUT2D eigenvalue weighted by Crippen LogP contribution is 2.22. The van der Waals surface area contributed by atoms with Crippen LogP contribution in [0.1, 0.15) is 41.5 Å². The Morgan fingerprint density at radius 1 is 1.00 bits per heavy atom. The zero-order valence-corrected chi connectivity index (χ0v) is 15.7. The molecule has 0 atom stereocenters. The van der Waals surface area contributed by atoms with Gasteiger partial charge in [0.05, 0.1) is 0 Å². The minimum Gasteiger partial charge on any atom is -0.298 e. The molecule has 2 aromatic rings. The molecule has 1 aliphatic carbocycles. The molecular formula is C22H27ClFN. The van der Waals surface area contributed by atoms with Crippen molar-refractivity contribution in [1.82, 2.24) is 4.90 Å². The summed E-state index contributed by atoms with van der Waals surface area (Å²) in [5.41, 5.74) is 5.10. The average Bonchev–Trinajstić information content (AvgIpc) is 2.81. The van der Waals surface area contributed by atoms with Crippen LogP contribution in [0.4, 0.5) is 4.39 Å². The summed E-state index contributed by atoms with van der Waals surface area (Å²) >= 11 is 0. The summed E-state index contributed by atoms with van der Waals surface area (Å²) in [5, 5.41) is 0. The number of fused-ring (bicyclic) bond motifs is 1. The first-order valence-electron chi connectivity index (χ1n) is 8.92. The van der Waals surface area contributed by atoms with Gasteiger partial charge >= 0.3 is 0 Å². The van der Waals surface area contributed by atoms with Crippen LogP contribution < -0.4 is 0 Å². The third-order valence-electron chi connectivity index (χ3n) is 4.74. The summed E-state index contributed by atoms with van der Waals surface area (Å²) in [7, 11) is 2.11. The van der Waals surface area contributed by atoms with Crippen molar-refractivity contribution in [3.63, 3.8) is 0 Å². The van der Waals surface area contributed by atoms with Crippen LogP contribution in [0.15, 0.2) is 48.5 Å². The molecule has 1 aliphatic rings. The molecule has 0 radical (unpaired) electrons. The SMILES string of the molecule is CN(C/C=C/c1ccccc1F)Cc1ccc2c(c1)CCCCC2.Cl. The van der Waals surface area contributed by atoms with E-state index in [2.05, 4.69) is 30.1 Å². The Balaban J connectivity index is 0.00000225. The van der Waals surface area contributed by atoms with Crippen molar-refractivity contribution in [3.8, 4) is 0 Å². The van der Waals surface area contributed by atoms with Crippen LogP contribution in [0, 0.1) is 5.82 Å². The Labute approximate surface area is 157 Å². The normalized spacial score (nSPS) is 14.2. The van der Waals surface area contributed by atoms with Gasteiger partial charge in [-0.3, -0.25) is 4.90 Å². The summed E-state index contributed by atoms with van der Waals surface area (Å²) in [4.78, 5) is 2.26. The molecule has 134 valence electrons. The minimum absolute atomic E-state index is 0. The van der Waals surface area contributed by atoms with E-state index in [1.807, 2.05) is 18.2 Å². The van der Waals surface area contributed by atoms with Crippen LogP contribution in [0.25, 0.3) is 6.08 Å². The molecule has 0 spiro atoms. The van der Waals surface area contributed by atoms with Gasteiger partial charge < -0.3 is 0 Å². The molecule has 0 N–H and O–H groups in total. The number of hydrogen-bond acceptors (Lipinski definition) is 1. The maximum atomic E-state index is 13.6. The summed E-state index contributed by atoms with van der Waals surface area (Å²) in [6.07, 6.45) is 10.3. The Bertz CT molecular complexity index is 711. The van der Waals surface area contributed by atoms with E-state index < -0.39 is 0 Å². The summed E-state index contributed by atoms with van der Waals surface area (Å²) in [6.45, 7) is 1.74. The topological polar surface area (TPSA) is 3.24 Å². The predicted molar refractivity (Wildman–Crippen MR) is 107 cm³/mol. The van der Waals surface area contributed by atoms with Crippen LogP contribution in [-0.4, -0.2) is 18.5 Å². The number of aryl methyl sites for hydroxylation is 2. The van der Waals surface area contributed by atoms with Crippen molar-refractivity contribution in [2.24, 2.45) is 0 Å². The molecule has 0 unspecified atom stereocenters. The van der Waals surface area contributed by atoms with Gasteiger partial charge in [-0.05, 0) is 55.5 Å². The van der Waals surface area contributed by atoms with Gasteiger partial charge in [-0.2, -0.15) is 0 Å². The fourth-order valence-corrected chi connectivity index (χ4v) is 3.41. The molecule has 3 heteroatoms. The monoisotopic (exact) mass is 359 g/mol. The lowest BCUT2D eigenvalue weighted by Gasteiger charge is -2.16. The van der Waals surface area contributed by atoms with Crippen molar-refractivity contribution in [1.29, 1.82) is 0 Å². The molecule has 0 heterocycles. The molecule has 0 saturated heterocycles. The second kappa shape index (κ2) is 9.74. The summed E-state index contributed by atoms with van der Waals surface area (Å²) in [6, 6.07) is 13.9. The number of benzene rings is 2. The number of halogens is 2. The number of likely N-dealkylation sites (N-methyl/N-ethyl adjacent to an activating group) is 1. The van der Waals surface area contributed by atoms with Crippen LogP contribution in [0.2, 0.25) is 0 Å². The lowest BCUT2D eigenvalue weighted by Crippen LogP contribution is -2.17. The minimum atomic E-state index is -0.165. The molecule has 1 nitrogen and oxygen atoms in total. The predicted octanol–water partition coefficient (Wildman–Crippen LogP) is 5.66. The van der Waals surface area contributed by atoms with Crippen molar-refractivity contribution in [2.45, 2.75) is 38.6 Å². The van der Waals surface area contributed by atoms with E-state index >= 15 is 0 Å².